The Labute approximate surface area is 77.6 Å². The quantitative estimate of drug-likeness (QED) is 0.754. The monoisotopic (exact) mass is 181 g/mol. The lowest BCUT2D eigenvalue weighted by atomic mass is 10.1. The Morgan fingerprint density at radius 2 is 2.31 bits per heavy atom. The summed E-state index contributed by atoms with van der Waals surface area (Å²) in [7, 11) is 0. The minimum Gasteiger partial charge on any atom is -0.389 e. The van der Waals surface area contributed by atoms with Gasteiger partial charge in [0.2, 0.25) is 0 Å². The summed E-state index contributed by atoms with van der Waals surface area (Å²) in [6, 6.07) is 0. The summed E-state index contributed by atoms with van der Waals surface area (Å²) in [5.74, 6) is 1.52. The van der Waals surface area contributed by atoms with Crippen LogP contribution >= 0.6 is 0 Å². The summed E-state index contributed by atoms with van der Waals surface area (Å²) < 4.78 is 1.72. The highest BCUT2D eigenvalue weighted by atomic mass is 16.3. The SMILES string of the molecule is CC(C)(O)Cn1cnc(C2CC2)n1. The highest BCUT2D eigenvalue weighted by molar-refractivity contribution is 5.02. The molecule has 2 rings (SSSR count). The fraction of sp³-hybridized carbons (Fsp3) is 0.778. The Morgan fingerprint density at radius 1 is 1.62 bits per heavy atom. The van der Waals surface area contributed by atoms with Crippen LogP contribution in [0.1, 0.15) is 38.4 Å². The maximum Gasteiger partial charge on any atom is 0.153 e. The zero-order chi connectivity index (χ0) is 9.47. The molecule has 1 aromatic rings. The topological polar surface area (TPSA) is 50.9 Å². The van der Waals surface area contributed by atoms with Crippen LogP contribution in [-0.2, 0) is 6.54 Å². The molecule has 0 aromatic carbocycles. The lowest BCUT2D eigenvalue weighted by Crippen LogP contribution is -2.26. The summed E-state index contributed by atoms with van der Waals surface area (Å²) in [5, 5.41) is 13.8. The third-order valence-electron chi connectivity index (χ3n) is 2.05. The van der Waals surface area contributed by atoms with Gasteiger partial charge in [-0.15, -0.1) is 0 Å². The number of hydrogen-bond donors (Lipinski definition) is 1. The predicted octanol–water partition coefficient (Wildman–Crippen LogP) is 0.926. The van der Waals surface area contributed by atoms with Crippen LogP contribution in [0, 0.1) is 0 Å². The highest BCUT2D eigenvalue weighted by Gasteiger charge is 2.27. The highest BCUT2D eigenvalue weighted by Crippen LogP contribution is 2.37. The van der Waals surface area contributed by atoms with E-state index in [4.69, 9.17) is 0 Å². The number of aromatic nitrogens is 3. The Hall–Kier alpha value is -0.900. The predicted molar refractivity (Wildman–Crippen MR) is 48.3 cm³/mol. The van der Waals surface area contributed by atoms with Crippen LogP contribution in [-0.4, -0.2) is 25.5 Å². The van der Waals surface area contributed by atoms with E-state index in [0.717, 1.165) is 5.82 Å². The van der Waals surface area contributed by atoms with Gasteiger partial charge in [0.1, 0.15) is 6.33 Å². The Bertz CT molecular complexity index is 296. The molecule has 0 unspecified atom stereocenters. The van der Waals surface area contributed by atoms with Crippen molar-refractivity contribution in [2.24, 2.45) is 0 Å². The second-order valence-corrected chi connectivity index (χ2v) is 4.39. The van der Waals surface area contributed by atoms with Gasteiger partial charge in [0, 0.05) is 5.92 Å². The fourth-order valence-corrected chi connectivity index (χ4v) is 1.31. The molecule has 4 heteroatoms. The minimum absolute atomic E-state index is 0.507. The maximum absolute atomic E-state index is 9.55. The van der Waals surface area contributed by atoms with Crippen molar-refractivity contribution in [3.05, 3.63) is 12.2 Å². The summed E-state index contributed by atoms with van der Waals surface area (Å²) in [4.78, 5) is 4.20. The third kappa shape index (κ3) is 2.28. The van der Waals surface area contributed by atoms with Crippen LogP contribution in [0.4, 0.5) is 0 Å². The van der Waals surface area contributed by atoms with E-state index in [1.54, 1.807) is 24.9 Å². The molecule has 1 N–H and O–H groups in total. The standard InChI is InChI=1S/C9H15N3O/c1-9(2,13)5-12-6-10-8(11-12)7-3-4-7/h6-7,13H,3-5H2,1-2H3. The van der Waals surface area contributed by atoms with Crippen LogP contribution in [0.3, 0.4) is 0 Å². The molecule has 0 spiro atoms. The zero-order valence-corrected chi connectivity index (χ0v) is 8.06. The van der Waals surface area contributed by atoms with E-state index in [2.05, 4.69) is 10.1 Å². The van der Waals surface area contributed by atoms with Gasteiger partial charge < -0.3 is 5.11 Å². The van der Waals surface area contributed by atoms with E-state index >= 15 is 0 Å². The molecule has 1 saturated carbocycles. The Kier molecular flexibility index (Phi) is 1.87. The van der Waals surface area contributed by atoms with Crippen molar-refractivity contribution in [2.45, 2.75) is 44.8 Å². The van der Waals surface area contributed by atoms with E-state index in [9.17, 15) is 5.11 Å². The van der Waals surface area contributed by atoms with E-state index in [1.807, 2.05) is 0 Å². The summed E-state index contributed by atoms with van der Waals surface area (Å²) >= 11 is 0. The number of aliphatic hydroxyl groups is 1. The van der Waals surface area contributed by atoms with Crippen molar-refractivity contribution in [3.63, 3.8) is 0 Å². The zero-order valence-electron chi connectivity index (χ0n) is 8.06. The van der Waals surface area contributed by atoms with Crippen LogP contribution in [0.5, 0.6) is 0 Å². The van der Waals surface area contributed by atoms with Crippen LogP contribution in [0.15, 0.2) is 6.33 Å². The van der Waals surface area contributed by atoms with Gasteiger partial charge in [-0.1, -0.05) is 0 Å². The number of rotatable bonds is 3. The first-order chi connectivity index (χ1) is 6.04. The van der Waals surface area contributed by atoms with Crippen LogP contribution in [0.2, 0.25) is 0 Å². The summed E-state index contributed by atoms with van der Waals surface area (Å²) in [5.41, 5.74) is -0.714. The van der Waals surface area contributed by atoms with E-state index in [-0.39, 0.29) is 0 Å². The molecule has 1 aromatic heterocycles. The normalized spacial score (nSPS) is 17.8. The molecular weight excluding hydrogens is 166 g/mol. The first-order valence-corrected chi connectivity index (χ1v) is 4.66. The first kappa shape index (κ1) is 8.69. The Balaban J connectivity index is 2.04. The second-order valence-electron chi connectivity index (χ2n) is 4.39. The number of nitrogens with zero attached hydrogens (tertiary/aromatic N) is 3. The molecule has 0 saturated heterocycles. The molecule has 4 nitrogen and oxygen atoms in total. The van der Waals surface area contributed by atoms with Crippen molar-refractivity contribution >= 4 is 0 Å². The lowest BCUT2D eigenvalue weighted by Gasteiger charge is -2.15. The average Bonchev–Trinajstić information content (AvgIpc) is 2.72. The molecule has 72 valence electrons. The van der Waals surface area contributed by atoms with Gasteiger partial charge in [0.25, 0.3) is 0 Å². The molecule has 13 heavy (non-hydrogen) atoms. The maximum atomic E-state index is 9.55. The molecule has 1 fully saturated rings. The molecule has 1 aliphatic rings. The van der Waals surface area contributed by atoms with E-state index in [1.165, 1.54) is 12.8 Å². The second kappa shape index (κ2) is 2.80. The van der Waals surface area contributed by atoms with Gasteiger partial charge in [-0.25, -0.2) is 9.67 Å². The molecule has 0 aliphatic heterocycles. The molecule has 0 atom stereocenters. The molecule has 0 bridgehead atoms. The third-order valence-corrected chi connectivity index (χ3v) is 2.05. The van der Waals surface area contributed by atoms with Gasteiger partial charge in [-0.05, 0) is 26.7 Å². The summed E-state index contributed by atoms with van der Waals surface area (Å²) in [6.45, 7) is 4.05. The minimum atomic E-state index is -0.714. The van der Waals surface area contributed by atoms with E-state index < -0.39 is 5.60 Å². The van der Waals surface area contributed by atoms with Gasteiger partial charge in [0.15, 0.2) is 5.82 Å². The van der Waals surface area contributed by atoms with Crippen molar-refractivity contribution < 1.29 is 5.11 Å². The van der Waals surface area contributed by atoms with Crippen LogP contribution in [0.25, 0.3) is 0 Å². The first-order valence-electron chi connectivity index (χ1n) is 4.66. The molecular formula is C9H15N3O. The van der Waals surface area contributed by atoms with E-state index in [0.29, 0.717) is 12.5 Å². The van der Waals surface area contributed by atoms with Gasteiger partial charge in [-0.2, -0.15) is 5.10 Å². The molecule has 0 radical (unpaired) electrons. The smallest absolute Gasteiger partial charge is 0.153 e. The molecule has 0 amide bonds. The molecule has 1 heterocycles. The van der Waals surface area contributed by atoms with Gasteiger partial charge >= 0.3 is 0 Å². The van der Waals surface area contributed by atoms with Crippen molar-refractivity contribution in [3.8, 4) is 0 Å². The van der Waals surface area contributed by atoms with Gasteiger partial charge in [0.05, 0.1) is 12.1 Å². The fourth-order valence-electron chi connectivity index (χ4n) is 1.31. The summed E-state index contributed by atoms with van der Waals surface area (Å²) in [6.07, 6.45) is 4.13. The largest absolute Gasteiger partial charge is 0.389 e. The number of hydrogen-bond acceptors (Lipinski definition) is 3. The average molecular weight is 181 g/mol. The van der Waals surface area contributed by atoms with Crippen molar-refractivity contribution in [1.29, 1.82) is 0 Å². The lowest BCUT2D eigenvalue weighted by molar-refractivity contribution is 0.0575. The van der Waals surface area contributed by atoms with Crippen molar-refractivity contribution in [2.75, 3.05) is 0 Å². The van der Waals surface area contributed by atoms with Gasteiger partial charge in [-0.3, -0.25) is 0 Å². The van der Waals surface area contributed by atoms with Crippen LogP contribution < -0.4 is 0 Å². The van der Waals surface area contributed by atoms with Crippen molar-refractivity contribution in [1.82, 2.24) is 14.8 Å². The Morgan fingerprint density at radius 3 is 2.85 bits per heavy atom. The molecule has 1 aliphatic carbocycles.